The van der Waals surface area contributed by atoms with Crippen molar-refractivity contribution in [3.63, 3.8) is 0 Å². The molecule has 1 aromatic carbocycles. The van der Waals surface area contributed by atoms with Crippen LogP contribution in [-0.4, -0.2) is 17.6 Å². The third kappa shape index (κ3) is 3.84. The topological polar surface area (TPSA) is 49.3 Å². The Morgan fingerprint density at radius 2 is 2.26 bits per heavy atom. The van der Waals surface area contributed by atoms with Crippen LogP contribution in [0.1, 0.15) is 36.8 Å². The second-order valence-corrected chi connectivity index (χ2v) is 5.06. The van der Waals surface area contributed by atoms with Crippen molar-refractivity contribution in [3.8, 4) is 11.8 Å². The van der Waals surface area contributed by atoms with E-state index in [2.05, 4.69) is 17.2 Å². The first-order valence-electron chi connectivity index (χ1n) is 6.69. The zero-order chi connectivity index (χ0) is 13.7. The first kappa shape index (κ1) is 13.6. The molecule has 3 nitrogen and oxygen atoms in total. The quantitative estimate of drug-likeness (QED) is 0.817. The molecule has 1 amide bonds. The number of anilines is 1. The molecule has 2 N–H and O–H groups in total. The largest absolute Gasteiger partial charge is 0.384 e. The lowest BCUT2D eigenvalue weighted by atomic mass is 9.83. The van der Waals surface area contributed by atoms with Gasteiger partial charge in [0.15, 0.2) is 0 Å². The van der Waals surface area contributed by atoms with Crippen LogP contribution in [-0.2, 0) is 4.79 Å². The van der Waals surface area contributed by atoms with Crippen LogP contribution >= 0.6 is 0 Å². The first-order valence-corrected chi connectivity index (χ1v) is 6.69. The van der Waals surface area contributed by atoms with E-state index in [4.69, 9.17) is 5.11 Å². The molecule has 3 heteroatoms. The highest BCUT2D eigenvalue weighted by Gasteiger charge is 2.20. The van der Waals surface area contributed by atoms with E-state index in [-0.39, 0.29) is 12.5 Å². The molecule has 0 heterocycles. The SMILES string of the molecule is Cc1ccc(NC(=O)CC2CCC2)c(C#CCO)c1. The number of aliphatic hydroxyl groups is 1. The van der Waals surface area contributed by atoms with Crippen LogP contribution in [0.25, 0.3) is 0 Å². The van der Waals surface area contributed by atoms with Crippen LogP contribution < -0.4 is 5.32 Å². The summed E-state index contributed by atoms with van der Waals surface area (Å²) in [4.78, 5) is 11.9. The van der Waals surface area contributed by atoms with Crippen molar-refractivity contribution in [2.75, 3.05) is 11.9 Å². The highest BCUT2D eigenvalue weighted by molar-refractivity contribution is 5.92. The number of aliphatic hydroxyl groups excluding tert-OH is 1. The van der Waals surface area contributed by atoms with Crippen LogP contribution in [0.5, 0.6) is 0 Å². The lowest BCUT2D eigenvalue weighted by Gasteiger charge is -2.24. The van der Waals surface area contributed by atoms with E-state index in [1.165, 1.54) is 19.3 Å². The first-order chi connectivity index (χ1) is 9.19. The minimum Gasteiger partial charge on any atom is -0.384 e. The predicted molar refractivity (Wildman–Crippen MR) is 75.7 cm³/mol. The number of carbonyl (C=O) groups excluding carboxylic acids is 1. The van der Waals surface area contributed by atoms with Crippen LogP contribution in [0.4, 0.5) is 5.69 Å². The Balaban J connectivity index is 2.07. The molecule has 0 spiro atoms. The molecule has 1 saturated carbocycles. The van der Waals surface area contributed by atoms with E-state index in [0.717, 1.165) is 16.8 Å². The lowest BCUT2D eigenvalue weighted by Crippen LogP contribution is -2.21. The molecule has 2 rings (SSSR count). The standard InChI is InChI=1S/C16H19NO2/c1-12-7-8-15(14(10-12)6-3-9-18)17-16(19)11-13-4-2-5-13/h7-8,10,13,18H,2,4-5,9,11H2,1H3,(H,17,19). The normalized spacial score (nSPS) is 14.2. The summed E-state index contributed by atoms with van der Waals surface area (Å²) in [5.74, 6) is 6.11. The Kier molecular flexibility index (Phi) is 4.59. The van der Waals surface area contributed by atoms with Crippen molar-refractivity contribution >= 4 is 11.6 Å². The monoisotopic (exact) mass is 257 g/mol. The van der Waals surface area contributed by atoms with Gasteiger partial charge in [0.1, 0.15) is 6.61 Å². The zero-order valence-electron chi connectivity index (χ0n) is 11.2. The van der Waals surface area contributed by atoms with E-state index in [9.17, 15) is 4.79 Å². The van der Waals surface area contributed by atoms with Crippen molar-refractivity contribution in [3.05, 3.63) is 29.3 Å². The van der Waals surface area contributed by atoms with Crippen molar-refractivity contribution in [2.45, 2.75) is 32.6 Å². The number of rotatable bonds is 3. The van der Waals surface area contributed by atoms with E-state index < -0.39 is 0 Å². The predicted octanol–water partition coefficient (Wildman–Crippen LogP) is 2.47. The number of hydrogen-bond acceptors (Lipinski definition) is 2. The summed E-state index contributed by atoms with van der Waals surface area (Å²) in [6.07, 6.45) is 4.17. The van der Waals surface area contributed by atoms with Gasteiger partial charge in [-0.25, -0.2) is 0 Å². The molecule has 100 valence electrons. The number of carbonyl (C=O) groups is 1. The van der Waals surface area contributed by atoms with Crippen molar-refractivity contribution < 1.29 is 9.90 Å². The minimum absolute atomic E-state index is 0.0561. The molecule has 1 aliphatic rings. The Bertz CT molecular complexity index is 521. The molecular formula is C16H19NO2. The van der Waals surface area contributed by atoms with Crippen LogP contribution in [0.15, 0.2) is 18.2 Å². The highest BCUT2D eigenvalue weighted by Crippen LogP contribution is 2.29. The van der Waals surface area contributed by atoms with Gasteiger partial charge in [0.25, 0.3) is 0 Å². The summed E-state index contributed by atoms with van der Waals surface area (Å²) >= 11 is 0. The van der Waals surface area contributed by atoms with Gasteiger partial charge in [-0.2, -0.15) is 0 Å². The maximum absolute atomic E-state index is 11.9. The van der Waals surface area contributed by atoms with Gasteiger partial charge < -0.3 is 10.4 Å². The van der Waals surface area contributed by atoms with Gasteiger partial charge in [-0.3, -0.25) is 4.79 Å². The molecule has 19 heavy (non-hydrogen) atoms. The molecule has 0 radical (unpaired) electrons. The summed E-state index contributed by atoms with van der Waals surface area (Å²) in [6, 6.07) is 5.74. The van der Waals surface area contributed by atoms with Crippen molar-refractivity contribution in [2.24, 2.45) is 5.92 Å². The zero-order valence-corrected chi connectivity index (χ0v) is 11.2. The van der Waals surface area contributed by atoms with Crippen LogP contribution in [0, 0.1) is 24.7 Å². The fourth-order valence-corrected chi connectivity index (χ4v) is 2.17. The van der Waals surface area contributed by atoms with Crippen LogP contribution in [0.2, 0.25) is 0 Å². The Hall–Kier alpha value is -1.79. The average molecular weight is 257 g/mol. The molecule has 0 aliphatic heterocycles. The van der Waals surface area contributed by atoms with E-state index in [0.29, 0.717) is 12.3 Å². The lowest BCUT2D eigenvalue weighted by molar-refractivity contribution is -0.117. The Morgan fingerprint density at radius 1 is 1.47 bits per heavy atom. The van der Waals surface area contributed by atoms with Crippen molar-refractivity contribution in [1.82, 2.24) is 0 Å². The Morgan fingerprint density at radius 3 is 2.89 bits per heavy atom. The van der Waals surface area contributed by atoms with Gasteiger partial charge in [0, 0.05) is 12.0 Å². The van der Waals surface area contributed by atoms with E-state index >= 15 is 0 Å². The molecule has 0 aromatic heterocycles. The summed E-state index contributed by atoms with van der Waals surface area (Å²) < 4.78 is 0. The molecule has 1 aliphatic carbocycles. The number of hydrogen-bond donors (Lipinski definition) is 2. The van der Waals surface area contributed by atoms with E-state index in [1.807, 2.05) is 25.1 Å². The summed E-state index contributed by atoms with van der Waals surface area (Å²) in [7, 11) is 0. The Labute approximate surface area is 114 Å². The van der Waals surface area contributed by atoms with Gasteiger partial charge in [-0.15, -0.1) is 0 Å². The van der Waals surface area contributed by atoms with E-state index in [1.54, 1.807) is 0 Å². The molecule has 0 saturated heterocycles. The second-order valence-electron chi connectivity index (χ2n) is 5.06. The molecular weight excluding hydrogens is 238 g/mol. The van der Waals surface area contributed by atoms with Gasteiger partial charge >= 0.3 is 0 Å². The maximum Gasteiger partial charge on any atom is 0.224 e. The summed E-state index contributed by atoms with van der Waals surface area (Å²) in [5.41, 5.74) is 2.58. The van der Waals surface area contributed by atoms with Crippen LogP contribution in [0.3, 0.4) is 0 Å². The minimum atomic E-state index is -0.177. The number of nitrogens with one attached hydrogen (secondary N) is 1. The number of amides is 1. The number of aryl methyl sites for hydroxylation is 1. The van der Waals surface area contributed by atoms with Gasteiger partial charge in [-0.1, -0.05) is 24.3 Å². The fourth-order valence-electron chi connectivity index (χ4n) is 2.17. The molecule has 0 bridgehead atoms. The molecule has 1 aromatic rings. The maximum atomic E-state index is 11.9. The van der Waals surface area contributed by atoms with Gasteiger partial charge in [-0.05, 0) is 43.4 Å². The van der Waals surface area contributed by atoms with Gasteiger partial charge in [0.2, 0.25) is 5.91 Å². The third-order valence-electron chi connectivity index (χ3n) is 3.45. The molecule has 1 fully saturated rings. The number of benzene rings is 1. The smallest absolute Gasteiger partial charge is 0.224 e. The highest BCUT2D eigenvalue weighted by atomic mass is 16.2. The molecule has 0 atom stereocenters. The third-order valence-corrected chi connectivity index (χ3v) is 3.45. The van der Waals surface area contributed by atoms with Gasteiger partial charge in [0.05, 0.1) is 5.69 Å². The second kappa shape index (κ2) is 6.40. The average Bonchev–Trinajstić information content (AvgIpc) is 2.34. The molecule has 0 unspecified atom stereocenters. The fraction of sp³-hybridized carbons (Fsp3) is 0.438. The van der Waals surface area contributed by atoms with Crippen molar-refractivity contribution in [1.29, 1.82) is 0 Å². The summed E-state index contributed by atoms with van der Waals surface area (Å²) in [6.45, 7) is 1.80. The summed E-state index contributed by atoms with van der Waals surface area (Å²) in [5, 5.41) is 11.7.